The first-order valence-corrected chi connectivity index (χ1v) is 8.17. The highest BCUT2D eigenvalue weighted by atomic mass is 16.7. The Morgan fingerprint density at radius 1 is 1.35 bits per heavy atom. The van der Waals surface area contributed by atoms with Gasteiger partial charge in [-0.2, -0.15) is 5.06 Å². The monoisotopic (exact) mass is 320 g/mol. The van der Waals surface area contributed by atoms with Gasteiger partial charge in [0.1, 0.15) is 12.3 Å². The smallest absolute Gasteiger partial charge is 0.208 e. The molecule has 0 aromatic heterocycles. The highest BCUT2D eigenvalue weighted by molar-refractivity contribution is 5.46. The summed E-state index contributed by atoms with van der Waals surface area (Å²) >= 11 is 0. The normalized spacial score (nSPS) is 28.1. The van der Waals surface area contributed by atoms with E-state index in [9.17, 15) is 4.79 Å². The molecule has 23 heavy (non-hydrogen) atoms. The van der Waals surface area contributed by atoms with E-state index in [-0.39, 0.29) is 12.3 Å². The number of hydrogen-bond donors (Lipinski definition) is 1. The van der Waals surface area contributed by atoms with Gasteiger partial charge in [0.05, 0.1) is 19.8 Å². The van der Waals surface area contributed by atoms with Crippen LogP contribution in [0.5, 0.6) is 0 Å². The third-order valence-corrected chi connectivity index (χ3v) is 4.26. The van der Waals surface area contributed by atoms with Crippen molar-refractivity contribution in [1.82, 2.24) is 10.4 Å². The highest BCUT2D eigenvalue weighted by Gasteiger charge is 2.35. The van der Waals surface area contributed by atoms with Gasteiger partial charge in [0.25, 0.3) is 0 Å². The van der Waals surface area contributed by atoms with Crippen LogP contribution in [0.4, 0.5) is 0 Å². The van der Waals surface area contributed by atoms with Gasteiger partial charge in [-0.05, 0) is 17.9 Å². The van der Waals surface area contributed by atoms with E-state index in [2.05, 4.69) is 5.32 Å². The summed E-state index contributed by atoms with van der Waals surface area (Å²) in [6.07, 6.45) is 2.40. The van der Waals surface area contributed by atoms with Crippen LogP contribution in [-0.4, -0.2) is 50.1 Å². The quantitative estimate of drug-likeness (QED) is 0.732. The molecule has 2 fully saturated rings. The molecule has 3 atom stereocenters. The molecule has 1 N–H and O–H groups in total. The van der Waals surface area contributed by atoms with Gasteiger partial charge < -0.3 is 14.8 Å². The Bertz CT molecular complexity index is 479. The molecule has 2 aliphatic rings. The third kappa shape index (κ3) is 4.75. The van der Waals surface area contributed by atoms with E-state index in [1.54, 1.807) is 0 Å². The van der Waals surface area contributed by atoms with Gasteiger partial charge in [-0.1, -0.05) is 30.3 Å². The average Bonchev–Trinajstić information content (AvgIpc) is 3.20. The summed E-state index contributed by atoms with van der Waals surface area (Å²) < 4.78 is 11.2. The molecule has 2 heterocycles. The second-order valence-corrected chi connectivity index (χ2v) is 6.09. The molecule has 3 rings (SSSR count). The van der Waals surface area contributed by atoms with Crippen molar-refractivity contribution in [2.24, 2.45) is 5.92 Å². The minimum atomic E-state index is -0.0848. The van der Waals surface area contributed by atoms with Crippen LogP contribution in [0, 0.1) is 5.92 Å². The maximum atomic E-state index is 10.8. The molecular formula is C17H24N2O4. The number of amides is 1. The number of ether oxygens (including phenoxy) is 2. The zero-order valence-electron chi connectivity index (χ0n) is 13.2. The molecule has 0 aliphatic carbocycles. The van der Waals surface area contributed by atoms with Gasteiger partial charge in [-0.15, -0.1) is 0 Å². The number of benzene rings is 1. The number of rotatable bonds is 8. The highest BCUT2D eigenvalue weighted by Crippen LogP contribution is 2.23. The lowest BCUT2D eigenvalue weighted by Gasteiger charge is -2.24. The molecule has 0 bridgehead atoms. The van der Waals surface area contributed by atoms with E-state index in [0.717, 1.165) is 44.6 Å². The van der Waals surface area contributed by atoms with Gasteiger partial charge in [-0.3, -0.25) is 9.63 Å². The van der Waals surface area contributed by atoms with Crippen molar-refractivity contribution in [1.29, 1.82) is 0 Å². The molecule has 6 nitrogen and oxygen atoms in total. The van der Waals surface area contributed by atoms with E-state index >= 15 is 0 Å². The van der Waals surface area contributed by atoms with Gasteiger partial charge in [0.15, 0.2) is 0 Å². The first-order chi connectivity index (χ1) is 11.3. The fraction of sp³-hybridized carbons (Fsp3) is 0.588. The van der Waals surface area contributed by atoms with E-state index in [1.165, 1.54) is 0 Å². The predicted octanol–water partition coefficient (Wildman–Crippen LogP) is 1.32. The van der Waals surface area contributed by atoms with Crippen LogP contribution in [0.2, 0.25) is 0 Å². The summed E-state index contributed by atoms with van der Waals surface area (Å²) in [4.78, 5) is 16.8. The van der Waals surface area contributed by atoms with E-state index < -0.39 is 0 Å². The van der Waals surface area contributed by atoms with Crippen LogP contribution >= 0.6 is 0 Å². The second kappa shape index (κ2) is 8.40. The summed E-state index contributed by atoms with van der Waals surface area (Å²) in [5, 5.41) is 4.71. The lowest BCUT2D eigenvalue weighted by molar-refractivity contribution is -0.185. The molecule has 0 spiro atoms. The molecule has 1 aromatic carbocycles. The molecule has 126 valence electrons. The Morgan fingerprint density at radius 3 is 2.96 bits per heavy atom. The summed E-state index contributed by atoms with van der Waals surface area (Å²) in [7, 11) is 0. The van der Waals surface area contributed by atoms with Crippen molar-refractivity contribution in [3.05, 3.63) is 35.9 Å². The minimum Gasteiger partial charge on any atom is -0.381 e. The van der Waals surface area contributed by atoms with E-state index in [4.69, 9.17) is 14.3 Å². The van der Waals surface area contributed by atoms with Crippen LogP contribution in [0.15, 0.2) is 30.3 Å². The summed E-state index contributed by atoms with van der Waals surface area (Å²) in [5.74, 6) is 0.468. The van der Waals surface area contributed by atoms with E-state index in [0.29, 0.717) is 19.1 Å². The number of nitrogens with zero attached hydrogens (tertiary/aromatic N) is 1. The fourth-order valence-electron chi connectivity index (χ4n) is 3.04. The molecule has 0 saturated carbocycles. The summed E-state index contributed by atoms with van der Waals surface area (Å²) in [6.45, 7) is 3.45. The molecule has 2 saturated heterocycles. The fourth-order valence-corrected chi connectivity index (χ4v) is 3.04. The predicted molar refractivity (Wildman–Crippen MR) is 84.2 cm³/mol. The van der Waals surface area contributed by atoms with Crippen LogP contribution in [0.25, 0.3) is 0 Å². The number of carbonyl (C=O) groups is 1. The van der Waals surface area contributed by atoms with Gasteiger partial charge in [0.2, 0.25) is 6.41 Å². The lowest BCUT2D eigenvalue weighted by atomic mass is 10.1. The van der Waals surface area contributed by atoms with Crippen LogP contribution in [0.1, 0.15) is 18.4 Å². The van der Waals surface area contributed by atoms with Crippen LogP contribution in [-0.2, 0) is 25.7 Å². The molecule has 0 radical (unpaired) electrons. The van der Waals surface area contributed by atoms with Crippen molar-refractivity contribution in [3.8, 4) is 0 Å². The summed E-state index contributed by atoms with van der Waals surface area (Å²) in [5.41, 5.74) is 1.15. The first-order valence-electron chi connectivity index (χ1n) is 8.17. The second-order valence-electron chi connectivity index (χ2n) is 6.09. The molecule has 6 heteroatoms. The van der Waals surface area contributed by atoms with Gasteiger partial charge in [0, 0.05) is 19.6 Å². The lowest BCUT2D eigenvalue weighted by Crippen LogP contribution is -2.42. The van der Waals surface area contributed by atoms with Gasteiger partial charge in [-0.25, -0.2) is 0 Å². The van der Waals surface area contributed by atoms with Crippen molar-refractivity contribution >= 4 is 6.41 Å². The SMILES string of the molecule is O=CNC1CC(COCc2ccccc2)ON1CC1CCOC1. The van der Waals surface area contributed by atoms with Gasteiger partial charge >= 0.3 is 0 Å². The van der Waals surface area contributed by atoms with Crippen LogP contribution < -0.4 is 5.32 Å². The number of carbonyl (C=O) groups excluding carboxylic acids is 1. The average molecular weight is 320 g/mol. The Labute approximate surface area is 136 Å². The molecule has 1 amide bonds. The molecular weight excluding hydrogens is 296 g/mol. The van der Waals surface area contributed by atoms with Crippen molar-refractivity contribution in [3.63, 3.8) is 0 Å². The number of hydrogen-bond acceptors (Lipinski definition) is 5. The summed E-state index contributed by atoms with van der Waals surface area (Å²) in [6, 6.07) is 10.1. The van der Waals surface area contributed by atoms with Crippen molar-refractivity contribution in [2.75, 3.05) is 26.4 Å². The van der Waals surface area contributed by atoms with Crippen LogP contribution in [0.3, 0.4) is 0 Å². The Hall–Kier alpha value is -1.47. The number of nitrogens with one attached hydrogen (secondary N) is 1. The largest absolute Gasteiger partial charge is 0.381 e. The Balaban J connectivity index is 1.45. The maximum Gasteiger partial charge on any atom is 0.208 e. The molecule has 3 unspecified atom stereocenters. The Kier molecular flexibility index (Phi) is 5.99. The first kappa shape index (κ1) is 16.4. The Morgan fingerprint density at radius 2 is 2.22 bits per heavy atom. The zero-order valence-corrected chi connectivity index (χ0v) is 13.2. The van der Waals surface area contributed by atoms with Crippen molar-refractivity contribution in [2.45, 2.75) is 31.7 Å². The third-order valence-electron chi connectivity index (χ3n) is 4.26. The zero-order chi connectivity index (χ0) is 15.9. The minimum absolute atomic E-state index is 0.0292. The molecule has 1 aromatic rings. The topological polar surface area (TPSA) is 60.0 Å². The van der Waals surface area contributed by atoms with Crippen molar-refractivity contribution < 1.29 is 19.1 Å². The standard InChI is InChI=1S/C17H24N2O4/c20-13-18-17-8-16(12-22-10-14-4-2-1-3-5-14)23-19(17)9-15-6-7-21-11-15/h1-5,13,15-17H,6-12H2,(H,18,20). The number of hydroxylamine groups is 2. The molecule has 2 aliphatic heterocycles. The maximum absolute atomic E-state index is 10.8. The van der Waals surface area contributed by atoms with E-state index in [1.807, 2.05) is 35.4 Å².